The first-order valence-corrected chi connectivity index (χ1v) is 3.41. The van der Waals surface area contributed by atoms with E-state index >= 15 is 0 Å². The maximum absolute atomic E-state index is 10.8. The average Bonchev–Trinajstić information content (AvgIpc) is 2.61. The van der Waals surface area contributed by atoms with E-state index < -0.39 is 10.8 Å². The number of aliphatic hydroxyl groups excluding tert-OH is 1. The van der Waals surface area contributed by atoms with Gasteiger partial charge in [-0.25, -0.2) is 0 Å². The molecule has 0 spiro atoms. The molecule has 3 nitrogen and oxygen atoms in total. The number of aliphatic hydroxyl groups is 1. The number of halogens is 1. The normalized spacial score (nSPS) is 37.3. The zero-order valence-corrected chi connectivity index (χ0v) is 6.39. The van der Waals surface area contributed by atoms with Crippen molar-refractivity contribution in [3.05, 3.63) is 0 Å². The van der Waals surface area contributed by atoms with E-state index in [0.29, 0.717) is 6.42 Å². The van der Waals surface area contributed by atoms with Crippen molar-refractivity contribution >= 4 is 17.6 Å². The van der Waals surface area contributed by atoms with E-state index in [4.69, 9.17) is 16.7 Å². The highest BCUT2D eigenvalue weighted by molar-refractivity contribution is 6.36. The van der Waals surface area contributed by atoms with Gasteiger partial charge in [-0.15, -0.1) is 11.6 Å². The predicted octanol–water partition coefficient (Wildman–Crippen LogP) is 0.149. The van der Waals surface area contributed by atoms with E-state index in [1.54, 1.807) is 0 Å². The van der Waals surface area contributed by atoms with E-state index in [2.05, 4.69) is 4.74 Å². The highest BCUT2D eigenvalue weighted by Gasteiger charge is 2.59. The lowest BCUT2D eigenvalue weighted by atomic mass is 10.3. The molecule has 1 rings (SSSR count). The van der Waals surface area contributed by atoms with Crippen LogP contribution in [0.3, 0.4) is 0 Å². The summed E-state index contributed by atoms with van der Waals surface area (Å²) < 4.78 is 4.43. The summed E-state index contributed by atoms with van der Waals surface area (Å²) in [4.78, 5) is 9.89. The molecular weight excluding hydrogens is 156 g/mol. The molecule has 1 saturated carbocycles. The standard InChI is InChI=1S/C6H9ClO3/c1-10-5(9)6(7)2-4(6)3-8/h4,8H,2-3H2,1H3. The van der Waals surface area contributed by atoms with Gasteiger partial charge in [0.1, 0.15) is 4.87 Å². The number of carbonyl (C=O) groups excluding carboxylic acids is 1. The van der Waals surface area contributed by atoms with Gasteiger partial charge in [0.15, 0.2) is 0 Å². The molecule has 58 valence electrons. The van der Waals surface area contributed by atoms with Gasteiger partial charge in [-0.2, -0.15) is 0 Å². The van der Waals surface area contributed by atoms with Gasteiger partial charge in [-0.1, -0.05) is 0 Å². The van der Waals surface area contributed by atoms with Crippen LogP contribution in [-0.2, 0) is 9.53 Å². The number of hydrogen-bond acceptors (Lipinski definition) is 3. The quantitative estimate of drug-likeness (QED) is 0.467. The van der Waals surface area contributed by atoms with Crippen molar-refractivity contribution in [1.29, 1.82) is 0 Å². The van der Waals surface area contributed by atoms with E-state index in [0.717, 1.165) is 0 Å². The second kappa shape index (κ2) is 2.40. The maximum atomic E-state index is 10.8. The molecule has 0 aliphatic heterocycles. The van der Waals surface area contributed by atoms with Gasteiger partial charge >= 0.3 is 5.97 Å². The summed E-state index contributed by atoms with van der Waals surface area (Å²) in [7, 11) is 1.29. The van der Waals surface area contributed by atoms with Crippen LogP contribution in [0, 0.1) is 5.92 Å². The fourth-order valence-electron chi connectivity index (χ4n) is 0.929. The highest BCUT2D eigenvalue weighted by Crippen LogP contribution is 2.49. The molecule has 0 saturated heterocycles. The molecule has 0 aromatic rings. The van der Waals surface area contributed by atoms with Crippen molar-refractivity contribution < 1.29 is 14.6 Å². The Morgan fingerprint density at radius 3 is 2.90 bits per heavy atom. The third-order valence-corrected chi connectivity index (χ3v) is 2.39. The van der Waals surface area contributed by atoms with E-state index in [1.165, 1.54) is 7.11 Å². The molecule has 2 unspecified atom stereocenters. The van der Waals surface area contributed by atoms with Crippen LogP contribution in [0.2, 0.25) is 0 Å². The van der Waals surface area contributed by atoms with Gasteiger partial charge in [0.05, 0.1) is 7.11 Å². The molecular formula is C6H9ClO3. The molecule has 1 fully saturated rings. The summed E-state index contributed by atoms with van der Waals surface area (Å²) >= 11 is 5.73. The van der Waals surface area contributed by atoms with E-state index in [9.17, 15) is 4.79 Å². The van der Waals surface area contributed by atoms with Crippen molar-refractivity contribution in [1.82, 2.24) is 0 Å². The highest BCUT2D eigenvalue weighted by atomic mass is 35.5. The molecule has 2 atom stereocenters. The summed E-state index contributed by atoms with van der Waals surface area (Å²) in [5.74, 6) is -0.546. The lowest BCUT2D eigenvalue weighted by Crippen LogP contribution is -2.20. The van der Waals surface area contributed by atoms with Gasteiger partial charge in [0.25, 0.3) is 0 Å². The molecule has 0 heterocycles. The lowest BCUT2D eigenvalue weighted by Gasteiger charge is -2.03. The Balaban J connectivity index is 2.50. The third kappa shape index (κ3) is 0.995. The minimum Gasteiger partial charge on any atom is -0.468 e. The molecule has 4 heteroatoms. The molecule has 0 bridgehead atoms. The Kier molecular flexibility index (Phi) is 1.88. The summed E-state index contributed by atoms with van der Waals surface area (Å²) in [5.41, 5.74) is 0. The summed E-state index contributed by atoms with van der Waals surface area (Å²) in [5, 5.41) is 8.59. The molecule has 0 aromatic carbocycles. The second-order valence-corrected chi connectivity index (χ2v) is 3.11. The fourth-order valence-corrected chi connectivity index (χ4v) is 1.26. The number of hydrogen-bond donors (Lipinski definition) is 1. The van der Waals surface area contributed by atoms with Crippen LogP contribution in [0.5, 0.6) is 0 Å². The van der Waals surface area contributed by atoms with Crippen LogP contribution in [0.4, 0.5) is 0 Å². The zero-order valence-electron chi connectivity index (χ0n) is 5.63. The zero-order chi connectivity index (χ0) is 7.78. The average molecular weight is 165 g/mol. The molecule has 1 aliphatic rings. The van der Waals surface area contributed by atoms with Crippen molar-refractivity contribution in [2.75, 3.05) is 13.7 Å². The van der Waals surface area contributed by atoms with Crippen LogP contribution in [0.15, 0.2) is 0 Å². The number of alkyl halides is 1. The van der Waals surface area contributed by atoms with Crippen LogP contribution in [0.1, 0.15) is 6.42 Å². The van der Waals surface area contributed by atoms with Crippen LogP contribution >= 0.6 is 11.6 Å². The number of ether oxygens (including phenoxy) is 1. The van der Waals surface area contributed by atoms with Crippen molar-refractivity contribution in [2.45, 2.75) is 11.3 Å². The van der Waals surface area contributed by atoms with Gasteiger partial charge in [0.2, 0.25) is 0 Å². The van der Waals surface area contributed by atoms with E-state index in [-0.39, 0.29) is 12.5 Å². The van der Waals surface area contributed by atoms with Gasteiger partial charge < -0.3 is 9.84 Å². The third-order valence-electron chi connectivity index (χ3n) is 1.78. The second-order valence-electron chi connectivity index (χ2n) is 2.44. The Labute approximate surface area is 63.9 Å². The summed E-state index contributed by atoms with van der Waals surface area (Å²) in [6, 6.07) is 0. The fraction of sp³-hybridized carbons (Fsp3) is 0.833. The smallest absolute Gasteiger partial charge is 0.327 e. The Bertz CT molecular complexity index is 159. The minimum absolute atomic E-state index is 0.0431. The van der Waals surface area contributed by atoms with Crippen LogP contribution in [0.25, 0.3) is 0 Å². The van der Waals surface area contributed by atoms with Gasteiger partial charge in [-0.05, 0) is 6.42 Å². The molecule has 10 heavy (non-hydrogen) atoms. The predicted molar refractivity (Wildman–Crippen MR) is 35.8 cm³/mol. The first-order chi connectivity index (χ1) is 4.65. The maximum Gasteiger partial charge on any atom is 0.327 e. The Morgan fingerprint density at radius 1 is 2.00 bits per heavy atom. The summed E-state index contributed by atoms with van der Waals surface area (Å²) in [6.07, 6.45) is 0.526. The molecule has 0 aromatic heterocycles. The van der Waals surface area contributed by atoms with Crippen molar-refractivity contribution in [3.63, 3.8) is 0 Å². The number of rotatable bonds is 2. The van der Waals surface area contributed by atoms with Gasteiger partial charge in [-0.3, -0.25) is 4.79 Å². The topological polar surface area (TPSA) is 46.5 Å². The van der Waals surface area contributed by atoms with Crippen LogP contribution in [-0.4, -0.2) is 29.7 Å². The number of methoxy groups -OCH3 is 1. The van der Waals surface area contributed by atoms with Crippen molar-refractivity contribution in [2.24, 2.45) is 5.92 Å². The Hall–Kier alpha value is -0.280. The summed E-state index contributed by atoms with van der Waals surface area (Å²) in [6.45, 7) is -0.0431. The number of carbonyl (C=O) groups is 1. The molecule has 1 aliphatic carbocycles. The Morgan fingerprint density at radius 2 is 2.60 bits per heavy atom. The first kappa shape index (κ1) is 7.82. The monoisotopic (exact) mass is 164 g/mol. The van der Waals surface area contributed by atoms with Gasteiger partial charge in [0, 0.05) is 12.5 Å². The van der Waals surface area contributed by atoms with E-state index in [1.807, 2.05) is 0 Å². The largest absolute Gasteiger partial charge is 0.468 e. The van der Waals surface area contributed by atoms with Crippen LogP contribution < -0.4 is 0 Å². The molecule has 0 radical (unpaired) electrons. The SMILES string of the molecule is COC(=O)C1(Cl)CC1CO. The molecule has 0 amide bonds. The minimum atomic E-state index is -0.913. The first-order valence-electron chi connectivity index (χ1n) is 3.03. The van der Waals surface area contributed by atoms with Crippen molar-refractivity contribution in [3.8, 4) is 0 Å². The molecule has 1 N–H and O–H groups in total. The lowest BCUT2D eigenvalue weighted by molar-refractivity contribution is -0.141. The number of esters is 1.